The fourth-order valence-corrected chi connectivity index (χ4v) is 1.25. The Bertz CT molecular complexity index is 218. The molecular formula is C9H16F3NO2. The topological polar surface area (TPSA) is 40.5 Å². The van der Waals surface area contributed by atoms with Crippen LogP contribution in [0.5, 0.6) is 0 Å². The van der Waals surface area contributed by atoms with Gasteiger partial charge in [-0.2, -0.15) is 13.2 Å². The lowest BCUT2D eigenvalue weighted by Gasteiger charge is -2.33. The zero-order chi connectivity index (χ0) is 12.2. The van der Waals surface area contributed by atoms with Crippen LogP contribution in [0.1, 0.15) is 26.7 Å². The van der Waals surface area contributed by atoms with Crippen LogP contribution in [0.4, 0.5) is 13.2 Å². The molecule has 1 N–H and O–H groups in total. The van der Waals surface area contributed by atoms with Crippen LogP contribution >= 0.6 is 0 Å². The van der Waals surface area contributed by atoms with Gasteiger partial charge in [0.25, 0.3) is 0 Å². The average Bonchev–Trinajstić information content (AvgIpc) is 2.09. The second kappa shape index (κ2) is 5.34. The van der Waals surface area contributed by atoms with Crippen molar-refractivity contribution in [1.29, 1.82) is 0 Å². The molecule has 0 saturated heterocycles. The molecule has 0 aliphatic carbocycles. The van der Waals surface area contributed by atoms with Crippen LogP contribution in [0.15, 0.2) is 0 Å². The van der Waals surface area contributed by atoms with Gasteiger partial charge in [0.05, 0.1) is 6.42 Å². The molecule has 2 unspecified atom stereocenters. The van der Waals surface area contributed by atoms with Crippen molar-refractivity contribution >= 4 is 5.97 Å². The van der Waals surface area contributed by atoms with Crippen LogP contribution < -0.4 is 0 Å². The highest BCUT2D eigenvalue weighted by atomic mass is 19.4. The Morgan fingerprint density at radius 3 is 2.20 bits per heavy atom. The lowest BCUT2D eigenvalue weighted by molar-refractivity contribution is -0.191. The number of hydrogen-bond donors (Lipinski definition) is 1. The second-order valence-corrected chi connectivity index (χ2v) is 3.58. The predicted molar refractivity (Wildman–Crippen MR) is 49.6 cm³/mol. The molecule has 0 aromatic carbocycles. The molecule has 0 bridgehead atoms. The summed E-state index contributed by atoms with van der Waals surface area (Å²) in [6, 6.07) is -2.21. The number of alkyl halides is 3. The normalized spacial score (nSPS) is 16.5. The fourth-order valence-electron chi connectivity index (χ4n) is 1.25. The van der Waals surface area contributed by atoms with Crippen LogP contribution in [-0.4, -0.2) is 41.3 Å². The first-order chi connectivity index (χ1) is 6.70. The SMILES string of the molecule is CCC(C)N(C)C(CC(=O)O)C(F)(F)F. The summed E-state index contributed by atoms with van der Waals surface area (Å²) in [6.45, 7) is 3.40. The monoisotopic (exact) mass is 227 g/mol. The Balaban J connectivity index is 4.70. The van der Waals surface area contributed by atoms with Crippen molar-refractivity contribution in [3.8, 4) is 0 Å². The van der Waals surface area contributed by atoms with E-state index in [1.807, 2.05) is 0 Å². The summed E-state index contributed by atoms with van der Waals surface area (Å²) in [5, 5.41) is 8.42. The van der Waals surface area contributed by atoms with E-state index in [1.165, 1.54) is 7.05 Å². The first-order valence-corrected chi connectivity index (χ1v) is 4.70. The maximum Gasteiger partial charge on any atom is 0.404 e. The molecule has 0 rings (SSSR count). The summed E-state index contributed by atoms with van der Waals surface area (Å²) in [4.78, 5) is 11.4. The molecule has 0 heterocycles. The third-order valence-corrected chi connectivity index (χ3v) is 2.52. The number of carboxylic acid groups (broad SMARTS) is 1. The largest absolute Gasteiger partial charge is 0.481 e. The van der Waals surface area contributed by atoms with E-state index < -0.39 is 24.6 Å². The third kappa shape index (κ3) is 4.51. The van der Waals surface area contributed by atoms with Gasteiger partial charge in [-0.15, -0.1) is 0 Å². The minimum absolute atomic E-state index is 0.295. The van der Waals surface area contributed by atoms with E-state index in [0.29, 0.717) is 6.42 Å². The number of nitrogens with zero attached hydrogens (tertiary/aromatic N) is 1. The summed E-state index contributed by atoms with van der Waals surface area (Å²) in [5.41, 5.74) is 0. The molecule has 0 amide bonds. The lowest BCUT2D eigenvalue weighted by atomic mass is 10.1. The molecule has 0 aromatic heterocycles. The Morgan fingerprint density at radius 2 is 1.93 bits per heavy atom. The number of halogens is 3. The lowest BCUT2D eigenvalue weighted by Crippen LogP contribution is -2.48. The van der Waals surface area contributed by atoms with E-state index in [0.717, 1.165) is 4.90 Å². The molecule has 15 heavy (non-hydrogen) atoms. The third-order valence-electron chi connectivity index (χ3n) is 2.52. The fraction of sp³-hybridized carbons (Fsp3) is 0.889. The smallest absolute Gasteiger partial charge is 0.404 e. The molecule has 0 aromatic rings. The predicted octanol–water partition coefficient (Wildman–Crippen LogP) is 2.12. The number of hydrogen-bond acceptors (Lipinski definition) is 2. The van der Waals surface area contributed by atoms with Crippen molar-refractivity contribution in [3.63, 3.8) is 0 Å². The van der Waals surface area contributed by atoms with E-state index in [9.17, 15) is 18.0 Å². The molecule has 6 heteroatoms. The molecule has 0 fully saturated rings. The highest BCUT2D eigenvalue weighted by Crippen LogP contribution is 2.28. The number of carboxylic acids is 1. The van der Waals surface area contributed by atoms with Gasteiger partial charge in [-0.3, -0.25) is 9.69 Å². The highest BCUT2D eigenvalue weighted by molar-refractivity contribution is 5.67. The molecule has 0 aliphatic rings. The van der Waals surface area contributed by atoms with Crippen LogP contribution in [0.2, 0.25) is 0 Å². The summed E-state index contributed by atoms with van der Waals surface area (Å²) >= 11 is 0. The van der Waals surface area contributed by atoms with Gasteiger partial charge in [-0.25, -0.2) is 0 Å². The van der Waals surface area contributed by atoms with Gasteiger partial charge in [0.15, 0.2) is 0 Å². The van der Waals surface area contributed by atoms with Gasteiger partial charge >= 0.3 is 12.1 Å². The van der Waals surface area contributed by atoms with Crippen LogP contribution in [0.25, 0.3) is 0 Å². The van der Waals surface area contributed by atoms with Gasteiger partial charge in [0.1, 0.15) is 6.04 Å². The van der Waals surface area contributed by atoms with Crippen LogP contribution in [-0.2, 0) is 4.79 Å². The first kappa shape index (κ1) is 14.2. The molecule has 90 valence electrons. The molecule has 0 radical (unpaired) electrons. The van der Waals surface area contributed by atoms with Gasteiger partial charge in [-0.05, 0) is 20.4 Å². The Labute approximate surface area is 86.9 Å². The van der Waals surface area contributed by atoms with E-state index in [4.69, 9.17) is 5.11 Å². The van der Waals surface area contributed by atoms with Crippen molar-refractivity contribution in [2.24, 2.45) is 0 Å². The van der Waals surface area contributed by atoms with Crippen LogP contribution in [0, 0.1) is 0 Å². The van der Waals surface area contributed by atoms with E-state index >= 15 is 0 Å². The van der Waals surface area contributed by atoms with Gasteiger partial charge in [-0.1, -0.05) is 6.92 Å². The standard InChI is InChI=1S/C9H16F3NO2/c1-4-6(2)13(3)7(5-8(14)15)9(10,11)12/h6-7H,4-5H2,1-3H3,(H,14,15). The number of carbonyl (C=O) groups is 1. The van der Waals surface area contributed by atoms with Crippen molar-refractivity contribution in [2.75, 3.05) is 7.05 Å². The first-order valence-electron chi connectivity index (χ1n) is 4.70. The summed E-state index contributed by atoms with van der Waals surface area (Å²) in [6.07, 6.45) is -4.87. The maximum atomic E-state index is 12.5. The summed E-state index contributed by atoms with van der Waals surface area (Å²) in [5.74, 6) is -1.44. The molecule has 0 aliphatic heterocycles. The van der Waals surface area contributed by atoms with E-state index in [1.54, 1.807) is 13.8 Å². The second-order valence-electron chi connectivity index (χ2n) is 3.58. The van der Waals surface area contributed by atoms with Crippen LogP contribution in [0.3, 0.4) is 0 Å². The Kier molecular flexibility index (Phi) is 5.07. The Hall–Kier alpha value is -0.780. The van der Waals surface area contributed by atoms with Gasteiger partial charge < -0.3 is 5.11 Å². The molecule has 2 atom stereocenters. The Morgan fingerprint density at radius 1 is 1.47 bits per heavy atom. The highest BCUT2D eigenvalue weighted by Gasteiger charge is 2.44. The number of rotatable bonds is 5. The van der Waals surface area contributed by atoms with E-state index in [2.05, 4.69) is 0 Å². The van der Waals surface area contributed by atoms with Gasteiger partial charge in [0, 0.05) is 6.04 Å². The maximum absolute atomic E-state index is 12.5. The summed E-state index contributed by atoms with van der Waals surface area (Å²) < 4.78 is 37.6. The average molecular weight is 227 g/mol. The minimum atomic E-state index is -4.50. The summed E-state index contributed by atoms with van der Waals surface area (Å²) in [7, 11) is 1.30. The van der Waals surface area contributed by atoms with Gasteiger partial charge in [0.2, 0.25) is 0 Å². The molecule has 0 spiro atoms. The zero-order valence-electron chi connectivity index (χ0n) is 9.01. The number of aliphatic carboxylic acids is 1. The van der Waals surface area contributed by atoms with Crippen molar-refractivity contribution in [3.05, 3.63) is 0 Å². The van der Waals surface area contributed by atoms with Crippen molar-refractivity contribution in [2.45, 2.75) is 44.9 Å². The zero-order valence-corrected chi connectivity index (χ0v) is 9.01. The van der Waals surface area contributed by atoms with Crippen molar-refractivity contribution < 1.29 is 23.1 Å². The molecule has 3 nitrogen and oxygen atoms in total. The minimum Gasteiger partial charge on any atom is -0.481 e. The van der Waals surface area contributed by atoms with Crippen molar-refractivity contribution in [1.82, 2.24) is 4.90 Å². The van der Waals surface area contributed by atoms with E-state index in [-0.39, 0.29) is 6.04 Å². The molecule has 0 saturated carbocycles. The molecular weight excluding hydrogens is 211 g/mol. The quantitative estimate of drug-likeness (QED) is 0.782.